The van der Waals surface area contributed by atoms with E-state index in [0.717, 1.165) is 31.7 Å². The summed E-state index contributed by atoms with van der Waals surface area (Å²) in [4.78, 5) is 51.6. The van der Waals surface area contributed by atoms with E-state index in [1.54, 1.807) is 72.0 Å². The van der Waals surface area contributed by atoms with Crippen LogP contribution < -0.4 is 15.0 Å². The average Bonchev–Trinajstić information content (AvgIpc) is 3.85. The molecule has 4 bridgehead atoms. The number of benzene rings is 3. The first-order valence-corrected chi connectivity index (χ1v) is 23.7. The number of hydrogen-bond acceptors (Lipinski definition) is 14. The van der Waals surface area contributed by atoms with Crippen LogP contribution in [0, 0.1) is 30.6 Å². The van der Waals surface area contributed by atoms with Gasteiger partial charge in [-0.05, 0) is 57.3 Å². The maximum absolute atomic E-state index is 14.8. The Morgan fingerprint density at radius 2 is 1.59 bits per heavy atom. The Morgan fingerprint density at radius 3 is 2.25 bits per heavy atom. The molecule has 7 rings (SSSR count). The van der Waals surface area contributed by atoms with Crippen molar-refractivity contribution >= 4 is 50.7 Å². The summed E-state index contributed by atoms with van der Waals surface area (Å²) in [5, 5.41) is 50.8. The molecule has 4 aromatic rings. The lowest BCUT2D eigenvalue weighted by atomic mass is 9.78. The van der Waals surface area contributed by atoms with Crippen molar-refractivity contribution in [1.82, 2.24) is 14.8 Å². The van der Waals surface area contributed by atoms with Crippen molar-refractivity contribution < 1.29 is 53.8 Å². The number of nitrogens with one attached hydrogen (secondary N) is 2. The third-order valence-electron chi connectivity index (χ3n) is 14.4. The fourth-order valence-corrected chi connectivity index (χ4v) is 10.1. The number of methoxy groups -OCH3 is 1. The number of phenolic OH excluding ortho intramolecular Hbond substituents is 2. The molecule has 0 saturated carbocycles. The summed E-state index contributed by atoms with van der Waals surface area (Å²) in [7, 11) is 5.58. The smallest absolute Gasteiger partial charge is 0.312 e. The number of H-pyrrole nitrogens is 1. The fourth-order valence-electron chi connectivity index (χ4n) is 10.1. The molecule has 3 aromatic carbocycles. The van der Waals surface area contributed by atoms with Crippen LogP contribution in [0.4, 0.5) is 11.4 Å². The van der Waals surface area contributed by atoms with Crippen molar-refractivity contribution in [3.05, 3.63) is 88.9 Å². The maximum atomic E-state index is 14.8. The predicted molar refractivity (Wildman–Crippen MR) is 265 cm³/mol. The summed E-state index contributed by atoms with van der Waals surface area (Å²) in [5.74, 6) is -6.83. The second kappa shape index (κ2) is 20.6. The number of amides is 1. The number of likely N-dealkylation sites (N-methyl/N-ethyl adjacent to an activating group) is 1. The van der Waals surface area contributed by atoms with Gasteiger partial charge in [-0.25, -0.2) is 0 Å². The number of aromatic nitrogens is 1. The lowest BCUT2D eigenvalue weighted by Gasteiger charge is -2.38. The van der Waals surface area contributed by atoms with E-state index in [0.29, 0.717) is 29.6 Å². The van der Waals surface area contributed by atoms with Gasteiger partial charge in [0.25, 0.3) is 11.7 Å². The highest BCUT2D eigenvalue weighted by atomic mass is 16.7. The second-order valence-corrected chi connectivity index (χ2v) is 19.5. The molecule has 372 valence electrons. The van der Waals surface area contributed by atoms with E-state index in [4.69, 9.17) is 18.9 Å². The molecule has 69 heavy (non-hydrogen) atoms. The van der Waals surface area contributed by atoms with Gasteiger partial charge in [0.2, 0.25) is 0 Å². The molecule has 1 saturated heterocycles. The van der Waals surface area contributed by atoms with E-state index in [9.17, 15) is 34.8 Å². The first-order valence-electron chi connectivity index (χ1n) is 23.7. The van der Waals surface area contributed by atoms with Gasteiger partial charge in [-0.15, -0.1) is 0 Å². The number of aliphatic hydroxyl groups excluding tert-OH is 2. The Morgan fingerprint density at radius 1 is 0.913 bits per heavy atom. The Kier molecular flexibility index (Phi) is 15.2. The summed E-state index contributed by atoms with van der Waals surface area (Å²) in [6, 6.07) is 8.54. The Hall–Kier alpha value is -5.91. The fraction of sp³-hybridized carbons (Fsp3) is 0.491. The molecule has 9 atom stereocenters. The number of aliphatic hydroxyl groups is 2. The third kappa shape index (κ3) is 10.1. The number of fused-ring (bicyclic) bond motifs is 1. The molecular weight excluding hydrogens is 883 g/mol. The number of carbonyl (C=O) groups is 3. The minimum absolute atomic E-state index is 0.0327. The lowest BCUT2D eigenvalue weighted by molar-refractivity contribution is -0.160. The number of piperazine rings is 1. The normalized spacial score (nSPS) is 27.5. The van der Waals surface area contributed by atoms with Crippen molar-refractivity contribution in [2.75, 3.05) is 57.6 Å². The van der Waals surface area contributed by atoms with Crippen molar-refractivity contribution in [3.8, 4) is 17.2 Å². The first-order chi connectivity index (χ1) is 32.7. The summed E-state index contributed by atoms with van der Waals surface area (Å²) >= 11 is 0. The summed E-state index contributed by atoms with van der Waals surface area (Å²) < 4.78 is 24.1. The van der Waals surface area contributed by atoms with Crippen LogP contribution in [0.2, 0.25) is 0 Å². The quantitative estimate of drug-likeness (QED) is 0.0823. The molecule has 3 aliphatic heterocycles. The third-order valence-corrected chi connectivity index (χ3v) is 14.4. The Labute approximate surface area is 404 Å². The number of aromatic hydroxyl groups is 2. The van der Waals surface area contributed by atoms with Crippen molar-refractivity contribution in [1.29, 1.82) is 0 Å². The van der Waals surface area contributed by atoms with Crippen LogP contribution in [0.15, 0.2) is 66.6 Å². The Balaban J connectivity index is 1.33. The first kappa shape index (κ1) is 51.0. The molecular formula is C53H69N5O11. The number of carbonyl (C=O) groups excluding carboxylic acids is 3. The highest BCUT2D eigenvalue weighted by Gasteiger charge is 2.49. The number of nitrogens with zero attached hydrogens (tertiary/aromatic N) is 3. The van der Waals surface area contributed by atoms with Crippen LogP contribution in [0.5, 0.6) is 17.2 Å². The molecule has 0 radical (unpaired) electrons. The number of ether oxygens (including phenoxy) is 4. The van der Waals surface area contributed by atoms with Crippen LogP contribution in [0.3, 0.4) is 0 Å². The number of ketones is 1. The topological polar surface area (TPSA) is 207 Å². The number of rotatable bonds is 7. The van der Waals surface area contributed by atoms with E-state index in [2.05, 4.69) is 56.3 Å². The molecule has 6 N–H and O–H groups in total. The molecule has 4 heterocycles. The summed E-state index contributed by atoms with van der Waals surface area (Å²) in [5.41, 5.74) is 3.85. The molecule has 0 spiro atoms. The molecule has 1 amide bonds. The van der Waals surface area contributed by atoms with Crippen LogP contribution in [0.1, 0.15) is 75.5 Å². The second-order valence-electron chi connectivity index (χ2n) is 19.5. The maximum Gasteiger partial charge on any atom is 0.312 e. The van der Waals surface area contributed by atoms with Crippen molar-refractivity contribution in [3.63, 3.8) is 0 Å². The van der Waals surface area contributed by atoms with E-state index < -0.39 is 77.3 Å². The van der Waals surface area contributed by atoms with E-state index >= 15 is 0 Å². The molecule has 1 fully saturated rings. The number of allylic oxidation sites excluding steroid dienone is 2. The molecule has 0 aliphatic carbocycles. The highest BCUT2D eigenvalue weighted by molar-refractivity contribution is 6.29. The number of aromatic amines is 1. The molecule has 3 aliphatic rings. The average molecular weight is 952 g/mol. The summed E-state index contributed by atoms with van der Waals surface area (Å²) in [6.07, 6.45) is 5.76. The molecule has 1 aromatic heterocycles. The molecule has 16 nitrogen and oxygen atoms in total. The number of anilines is 2. The van der Waals surface area contributed by atoms with Gasteiger partial charge in [0.15, 0.2) is 5.75 Å². The zero-order valence-electron chi connectivity index (χ0n) is 41.6. The molecule has 16 heteroatoms. The zero-order chi connectivity index (χ0) is 50.2. The van der Waals surface area contributed by atoms with Gasteiger partial charge >= 0.3 is 11.8 Å². The SMILES string of the molecule is CO[C@H]1C=CO[C@@]2(C)Oc3c(C)c(O)c4c(O)c(c5c(CN(C)Cc6ccc(N7CCN(C)CC7)cc6)c[nH]c5c4c3C2=O)NC(=O)C(C)=CC=C[C@H](C)[C@H](O)[C@@H](C)[C@@H](O)[C@@H](C)[C@H](OC(C)=O)[C@@H]1C. The zero-order valence-corrected chi connectivity index (χ0v) is 41.6. The van der Waals surface area contributed by atoms with Gasteiger partial charge in [-0.2, -0.15) is 0 Å². The minimum atomic E-state index is -1.96. The molecule has 0 unspecified atom stereocenters. The van der Waals surface area contributed by atoms with E-state index in [1.807, 2.05) is 7.05 Å². The van der Waals surface area contributed by atoms with Crippen molar-refractivity contribution in [2.24, 2.45) is 23.7 Å². The van der Waals surface area contributed by atoms with Crippen LogP contribution >= 0.6 is 0 Å². The van der Waals surface area contributed by atoms with Gasteiger partial charge in [-0.3, -0.25) is 19.3 Å². The van der Waals surface area contributed by atoms with Crippen LogP contribution in [-0.4, -0.2) is 130 Å². The largest absolute Gasteiger partial charge is 0.507 e. The monoisotopic (exact) mass is 951 g/mol. The predicted octanol–water partition coefficient (Wildman–Crippen LogP) is 6.91. The highest BCUT2D eigenvalue weighted by Crippen LogP contribution is 2.54. The van der Waals surface area contributed by atoms with Crippen LogP contribution in [0.25, 0.3) is 21.7 Å². The van der Waals surface area contributed by atoms with Gasteiger partial charge < -0.3 is 59.5 Å². The standard InChI is InChI=1S/C53H69N5O11/c1-28-13-12-14-29(2)52(65)55-44-39-36(27-57(10)26-35-15-17-37(18-16-35)58-22-20-56(9)21-23-58)25-54-43(39)40-41(48(44)63)47(62)33(6)50-42(40)51(64)53(8,69-50)67-24-19-38(66-11)30(3)49(68-34(7)59)32(5)46(61)31(4)45(28)60/h12-19,24-25,28,30-32,38,45-46,49,54,60-63H,20-23,26-27H2,1-11H3,(H,55,65)/t28-,30+,31+,32+,38-,45-,46+,49+,53-/m0/s1. The number of phenols is 2. The van der Waals surface area contributed by atoms with Gasteiger partial charge in [0, 0.05) is 118 Å². The summed E-state index contributed by atoms with van der Waals surface area (Å²) in [6.45, 7) is 17.8. The van der Waals surface area contributed by atoms with E-state index in [-0.39, 0.29) is 44.7 Å². The van der Waals surface area contributed by atoms with Crippen LogP contribution in [-0.2, 0) is 36.9 Å². The Bertz CT molecular complexity index is 2670. The number of hydrogen-bond donors (Lipinski definition) is 6. The van der Waals surface area contributed by atoms with Crippen molar-refractivity contribution in [2.45, 2.75) is 98.7 Å². The minimum Gasteiger partial charge on any atom is -0.507 e. The number of esters is 1. The number of Topliss-reactive ketones (excluding diaryl/α,β-unsaturated/α-hetero) is 1. The van der Waals surface area contributed by atoms with Gasteiger partial charge in [0.05, 0.1) is 46.7 Å². The lowest BCUT2D eigenvalue weighted by Crippen LogP contribution is -2.46. The van der Waals surface area contributed by atoms with Gasteiger partial charge in [0.1, 0.15) is 17.6 Å². The van der Waals surface area contributed by atoms with E-state index in [1.165, 1.54) is 32.9 Å². The van der Waals surface area contributed by atoms with Gasteiger partial charge in [-0.1, -0.05) is 58.1 Å².